The lowest BCUT2D eigenvalue weighted by Gasteiger charge is -2.13. The van der Waals surface area contributed by atoms with Crippen LogP contribution in [0.4, 0.5) is 5.69 Å². The Balaban J connectivity index is 2.59. The molecule has 0 saturated heterocycles. The Morgan fingerprint density at radius 1 is 1.32 bits per heavy atom. The van der Waals surface area contributed by atoms with E-state index in [9.17, 15) is 9.00 Å². The monoisotopic (exact) mass is 342 g/mol. The van der Waals surface area contributed by atoms with Crippen molar-refractivity contribution >= 4 is 44.2 Å². The van der Waals surface area contributed by atoms with Gasteiger partial charge in [-0.25, -0.2) is 4.21 Å². The molecule has 1 atom stereocenters. The summed E-state index contributed by atoms with van der Waals surface area (Å²) in [6.45, 7) is 5.49. The van der Waals surface area contributed by atoms with Crippen molar-refractivity contribution in [3.8, 4) is 0 Å². The van der Waals surface area contributed by atoms with E-state index in [0.717, 1.165) is 10.2 Å². The highest BCUT2D eigenvalue weighted by Gasteiger charge is 2.34. The Bertz CT molecular complexity index is 605. The summed E-state index contributed by atoms with van der Waals surface area (Å²) in [6, 6.07) is 5.55. The maximum Gasteiger partial charge on any atom is 0.278 e. The lowest BCUT2D eigenvalue weighted by Crippen LogP contribution is -2.28. The first-order valence-corrected chi connectivity index (χ1v) is 7.71. The van der Waals surface area contributed by atoms with E-state index in [4.69, 9.17) is 0 Å². The number of nitrogens with zero attached hydrogens (tertiary/aromatic N) is 2. The number of anilines is 1. The molecule has 4 nitrogen and oxygen atoms in total. The fraction of sp³-hybridized carbons (Fsp3) is 0.385. The molecular weight excluding hydrogens is 328 g/mol. The van der Waals surface area contributed by atoms with Crippen molar-refractivity contribution < 1.29 is 9.00 Å². The number of hydrogen-bond donors (Lipinski definition) is 0. The number of carbonyl (C=O) groups excluding carboxylic acids is 1. The molecule has 1 aromatic carbocycles. The Kier molecular flexibility index (Phi) is 3.66. The Labute approximate surface area is 123 Å². The van der Waals surface area contributed by atoms with Crippen molar-refractivity contribution in [3.05, 3.63) is 28.2 Å². The normalized spacial score (nSPS) is 18.9. The molecule has 1 aromatic rings. The van der Waals surface area contributed by atoms with Crippen LogP contribution in [0.5, 0.6) is 0 Å². The molecular formula is C13H15BrN2O2S. The van der Waals surface area contributed by atoms with Gasteiger partial charge in [-0.05, 0) is 32.9 Å². The van der Waals surface area contributed by atoms with Crippen molar-refractivity contribution in [1.29, 1.82) is 0 Å². The molecule has 0 saturated carbocycles. The van der Waals surface area contributed by atoms with Crippen molar-refractivity contribution in [2.24, 2.45) is 4.40 Å². The number of benzene rings is 1. The van der Waals surface area contributed by atoms with E-state index in [1.54, 1.807) is 7.05 Å². The van der Waals surface area contributed by atoms with E-state index in [1.807, 2.05) is 39.0 Å². The van der Waals surface area contributed by atoms with Crippen LogP contribution in [0.15, 0.2) is 27.1 Å². The van der Waals surface area contributed by atoms with Crippen molar-refractivity contribution in [2.45, 2.75) is 25.5 Å². The minimum Gasteiger partial charge on any atom is -0.309 e. The third kappa shape index (κ3) is 2.51. The van der Waals surface area contributed by atoms with Gasteiger partial charge in [0.05, 0.1) is 10.4 Å². The summed E-state index contributed by atoms with van der Waals surface area (Å²) in [5, 5.41) is 0. The smallest absolute Gasteiger partial charge is 0.278 e. The first-order chi connectivity index (χ1) is 8.73. The number of likely N-dealkylation sites (N-methyl/N-ethyl adjacent to an activating group) is 1. The summed E-state index contributed by atoms with van der Waals surface area (Å²) in [4.78, 5) is 13.7. The van der Waals surface area contributed by atoms with Gasteiger partial charge in [0, 0.05) is 17.1 Å². The van der Waals surface area contributed by atoms with E-state index in [-0.39, 0.29) is 11.6 Å². The van der Waals surface area contributed by atoms with E-state index in [2.05, 4.69) is 20.3 Å². The van der Waals surface area contributed by atoms with Gasteiger partial charge in [-0.3, -0.25) is 4.79 Å². The predicted molar refractivity (Wildman–Crippen MR) is 82.0 cm³/mol. The third-order valence-corrected chi connectivity index (χ3v) is 4.85. The lowest BCUT2D eigenvalue weighted by atomic mass is 10.1. The van der Waals surface area contributed by atoms with Crippen LogP contribution in [0.3, 0.4) is 0 Å². The van der Waals surface area contributed by atoms with Crippen LogP contribution in [0.2, 0.25) is 0 Å². The van der Waals surface area contributed by atoms with Gasteiger partial charge >= 0.3 is 0 Å². The molecule has 102 valence electrons. The van der Waals surface area contributed by atoms with Crippen LogP contribution < -0.4 is 4.90 Å². The van der Waals surface area contributed by atoms with E-state index < -0.39 is 15.7 Å². The SMILES string of the molecule is CN1C(=O)/C(=N\[S@@](=O)C(C)(C)C)c2c(Br)cccc21. The molecule has 0 N–H and O–H groups in total. The van der Waals surface area contributed by atoms with Crippen molar-refractivity contribution in [1.82, 2.24) is 0 Å². The van der Waals surface area contributed by atoms with Crippen LogP contribution >= 0.6 is 15.9 Å². The van der Waals surface area contributed by atoms with Gasteiger partial charge in [0.25, 0.3) is 5.91 Å². The van der Waals surface area contributed by atoms with Gasteiger partial charge in [-0.15, -0.1) is 0 Å². The molecule has 1 amide bonds. The molecule has 0 radical (unpaired) electrons. The second kappa shape index (κ2) is 4.83. The zero-order chi connectivity index (χ0) is 14.4. The van der Waals surface area contributed by atoms with Gasteiger partial charge in [-0.1, -0.05) is 22.0 Å². The number of halogens is 1. The zero-order valence-electron chi connectivity index (χ0n) is 11.2. The highest BCUT2D eigenvalue weighted by molar-refractivity contribution is 9.10. The van der Waals surface area contributed by atoms with Crippen molar-refractivity contribution in [3.63, 3.8) is 0 Å². The zero-order valence-corrected chi connectivity index (χ0v) is 13.6. The predicted octanol–water partition coefficient (Wildman–Crippen LogP) is 2.68. The number of hydrogen-bond acceptors (Lipinski definition) is 2. The summed E-state index contributed by atoms with van der Waals surface area (Å²) in [5.74, 6) is -0.223. The van der Waals surface area contributed by atoms with Crippen LogP contribution in [0, 0.1) is 0 Å². The largest absolute Gasteiger partial charge is 0.309 e. The minimum atomic E-state index is -1.46. The molecule has 0 fully saturated rings. The molecule has 2 rings (SSSR count). The molecule has 1 heterocycles. The summed E-state index contributed by atoms with van der Waals surface area (Å²) in [5.41, 5.74) is 1.76. The molecule has 6 heteroatoms. The van der Waals surface area contributed by atoms with E-state index in [0.29, 0.717) is 5.56 Å². The topological polar surface area (TPSA) is 49.7 Å². The third-order valence-electron chi connectivity index (χ3n) is 2.80. The summed E-state index contributed by atoms with van der Waals surface area (Å²) >= 11 is 3.42. The number of fused-ring (bicyclic) bond motifs is 1. The van der Waals surface area contributed by atoms with Gasteiger partial charge < -0.3 is 4.90 Å². The quantitative estimate of drug-likeness (QED) is 0.787. The number of amides is 1. The number of carbonyl (C=O) groups is 1. The molecule has 0 spiro atoms. The molecule has 1 aliphatic rings. The molecule has 0 unspecified atom stereocenters. The average Bonchev–Trinajstić information content (AvgIpc) is 2.55. The second-order valence-corrected chi connectivity index (χ2v) is 8.06. The molecule has 0 bridgehead atoms. The van der Waals surface area contributed by atoms with Crippen LogP contribution in [-0.4, -0.2) is 27.6 Å². The van der Waals surface area contributed by atoms with E-state index >= 15 is 0 Å². The lowest BCUT2D eigenvalue weighted by molar-refractivity contribution is -0.111. The van der Waals surface area contributed by atoms with Crippen LogP contribution in [0.25, 0.3) is 0 Å². The number of rotatable bonds is 1. The first-order valence-electron chi connectivity index (χ1n) is 5.81. The highest BCUT2D eigenvalue weighted by atomic mass is 79.9. The second-order valence-electron chi connectivity index (χ2n) is 5.30. The summed E-state index contributed by atoms with van der Waals surface area (Å²) in [6.07, 6.45) is 0. The fourth-order valence-electron chi connectivity index (χ4n) is 1.71. The minimum absolute atomic E-state index is 0.223. The summed E-state index contributed by atoms with van der Waals surface area (Å²) in [7, 11) is 0.232. The Morgan fingerprint density at radius 3 is 2.53 bits per heavy atom. The van der Waals surface area contributed by atoms with Gasteiger partial charge in [-0.2, -0.15) is 4.40 Å². The van der Waals surface area contributed by atoms with E-state index in [1.165, 1.54) is 4.90 Å². The Morgan fingerprint density at radius 2 is 1.95 bits per heavy atom. The van der Waals surface area contributed by atoms with Gasteiger partial charge in [0.2, 0.25) is 0 Å². The van der Waals surface area contributed by atoms with Gasteiger partial charge in [0.1, 0.15) is 16.7 Å². The Hall–Kier alpha value is -1.01. The highest BCUT2D eigenvalue weighted by Crippen LogP contribution is 2.34. The molecule has 0 aliphatic carbocycles. The molecule has 1 aliphatic heterocycles. The van der Waals surface area contributed by atoms with Crippen LogP contribution in [-0.2, 0) is 15.8 Å². The standard InChI is InChI=1S/C13H15BrN2O2S/c1-13(2,3)19(18)15-11-10-8(14)6-5-7-9(10)16(4)12(11)17/h5-7H,1-4H3/b15-11-/t19-/m0/s1. The average molecular weight is 343 g/mol. The van der Waals surface area contributed by atoms with Crippen LogP contribution in [0.1, 0.15) is 26.3 Å². The molecule has 19 heavy (non-hydrogen) atoms. The maximum atomic E-state index is 12.2. The van der Waals surface area contributed by atoms with Gasteiger partial charge in [0.15, 0.2) is 0 Å². The summed E-state index contributed by atoms with van der Waals surface area (Å²) < 4.78 is 16.6. The maximum absolute atomic E-state index is 12.2. The molecule has 0 aromatic heterocycles. The van der Waals surface area contributed by atoms with Crippen molar-refractivity contribution in [2.75, 3.05) is 11.9 Å². The fourth-order valence-corrected chi connectivity index (χ4v) is 2.86. The first kappa shape index (κ1) is 14.4.